The average molecular weight is 267 g/mol. The molecule has 20 heavy (non-hydrogen) atoms. The van der Waals surface area contributed by atoms with Crippen LogP contribution >= 0.6 is 0 Å². The van der Waals surface area contributed by atoms with Crippen molar-refractivity contribution in [2.45, 2.75) is 19.4 Å². The minimum atomic E-state index is 0.182. The fourth-order valence-corrected chi connectivity index (χ4v) is 2.26. The lowest BCUT2D eigenvalue weighted by atomic mass is 10.1. The van der Waals surface area contributed by atoms with E-state index in [1.165, 1.54) is 5.56 Å². The molecule has 0 aliphatic heterocycles. The molecule has 1 unspecified atom stereocenters. The molecule has 0 spiro atoms. The third kappa shape index (κ3) is 2.45. The summed E-state index contributed by atoms with van der Waals surface area (Å²) in [5.74, 6) is 0. The molecule has 3 rings (SSSR count). The molecule has 2 aromatic carbocycles. The highest BCUT2D eigenvalue weighted by Gasteiger charge is 2.12. The maximum atomic E-state index is 5.74. The third-order valence-corrected chi connectivity index (χ3v) is 3.32. The van der Waals surface area contributed by atoms with E-state index >= 15 is 0 Å². The highest BCUT2D eigenvalue weighted by atomic mass is 16.4. The van der Waals surface area contributed by atoms with E-state index in [0.717, 1.165) is 11.9 Å². The Morgan fingerprint density at radius 3 is 2.75 bits per heavy atom. The first-order chi connectivity index (χ1) is 9.76. The van der Waals surface area contributed by atoms with Crippen LogP contribution in [0.2, 0.25) is 0 Å². The number of rotatable bonds is 4. The molecule has 0 bridgehead atoms. The van der Waals surface area contributed by atoms with Gasteiger partial charge in [0.2, 0.25) is 0 Å². The molecule has 3 N–H and O–H groups in total. The predicted molar refractivity (Wildman–Crippen MR) is 81.5 cm³/mol. The standard InChI is InChI=1S/C16H17N3O/c1-2-13(11-6-4-3-5-7-11)18-16-19-14-9-8-12(17)10-15(14)20-16/h3-10,13H,2,17H2,1H3,(H,18,19). The van der Waals surface area contributed by atoms with Crippen LogP contribution in [0.5, 0.6) is 0 Å². The quantitative estimate of drug-likeness (QED) is 0.702. The summed E-state index contributed by atoms with van der Waals surface area (Å²) in [5.41, 5.74) is 9.15. The van der Waals surface area contributed by atoms with Gasteiger partial charge in [0, 0.05) is 11.8 Å². The number of hydrogen-bond acceptors (Lipinski definition) is 4. The van der Waals surface area contributed by atoms with Crippen molar-refractivity contribution < 1.29 is 4.42 Å². The van der Waals surface area contributed by atoms with Gasteiger partial charge in [-0.3, -0.25) is 0 Å². The average Bonchev–Trinajstić information content (AvgIpc) is 2.87. The summed E-state index contributed by atoms with van der Waals surface area (Å²) in [7, 11) is 0. The Morgan fingerprint density at radius 2 is 2.00 bits per heavy atom. The molecule has 3 aromatic rings. The Bertz CT molecular complexity index is 706. The van der Waals surface area contributed by atoms with Crippen LogP contribution in [0.25, 0.3) is 11.1 Å². The van der Waals surface area contributed by atoms with Gasteiger partial charge in [-0.15, -0.1) is 0 Å². The van der Waals surface area contributed by atoms with Crippen LogP contribution in [0.15, 0.2) is 52.9 Å². The summed E-state index contributed by atoms with van der Waals surface area (Å²) in [6.07, 6.45) is 0.949. The number of anilines is 2. The van der Waals surface area contributed by atoms with Crippen LogP contribution in [-0.2, 0) is 0 Å². The van der Waals surface area contributed by atoms with E-state index in [4.69, 9.17) is 10.2 Å². The molecule has 0 fully saturated rings. The summed E-state index contributed by atoms with van der Waals surface area (Å²) < 4.78 is 5.70. The van der Waals surface area contributed by atoms with Crippen molar-refractivity contribution in [3.8, 4) is 0 Å². The minimum absolute atomic E-state index is 0.182. The lowest BCUT2D eigenvalue weighted by Gasteiger charge is -2.15. The Labute approximate surface area is 117 Å². The number of nitrogens with two attached hydrogens (primary N) is 1. The summed E-state index contributed by atoms with van der Waals surface area (Å²) in [4.78, 5) is 4.43. The van der Waals surface area contributed by atoms with Crippen molar-refractivity contribution in [1.29, 1.82) is 0 Å². The maximum absolute atomic E-state index is 5.74. The Hall–Kier alpha value is -2.49. The van der Waals surface area contributed by atoms with Crippen molar-refractivity contribution in [3.63, 3.8) is 0 Å². The molecule has 0 aliphatic rings. The van der Waals surface area contributed by atoms with Gasteiger partial charge in [-0.1, -0.05) is 37.3 Å². The van der Waals surface area contributed by atoms with E-state index in [2.05, 4.69) is 29.4 Å². The number of nitrogen functional groups attached to an aromatic ring is 1. The Kier molecular flexibility index (Phi) is 3.29. The first-order valence-corrected chi connectivity index (χ1v) is 6.74. The first-order valence-electron chi connectivity index (χ1n) is 6.74. The number of benzene rings is 2. The molecule has 0 saturated heterocycles. The summed E-state index contributed by atoms with van der Waals surface area (Å²) in [6, 6.07) is 16.5. The molecule has 1 heterocycles. The van der Waals surface area contributed by atoms with E-state index in [9.17, 15) is 0 Å². The van der Waals surface area contributed by atoms with Crippen LogP contribution in [0.4, 0.5) is 11.7 Å². The molecule has 0 aliphatic carbocycles. The van der Waals surface area contributed by atoms with E-state index in [1.54, 1.807) is 6.07 Å². The van der Waals surface area contributed by atoms with Crippen molar-refractivity contribution in [1.82, 2.24) is 4.98 Å². The van der Waals surface area contributed by atoms with Gasteiger partial charge in [-0.25, -0.2) is 0 Å². The van der Waals surface area contributed by atoms with Crippen LogP contribution in [-0.4, -0.2) is 4.98 Å². The Morgan fingerprint density at radius 1 is 1.20 bits per heavy atom. The summed E-state index contributed by atoms with van der Waals surface area (Å²) in [6.45, 7) is 2.13. The molecular formula is C16H17N3O. The largest absolute Gasteiger partial charge is 0.423 e. The number of aromatic nitrogens is 1. The normalized spacial score (nSPS) is 12.4. The molecule has 1 atom stereocenters. The van der Waals surface area contributed by atoms with Gasteiger partial charge < -0.3 is 15.5 Å². The second-order valence-electron chi connectivity index (χ2n) is 4.76. The van der Waals surface area contributed by atoms with Gasteiger partial charge in [0.25, 0.3) is 6.01 Å². The monoisotopic (exact) mass is 267 g/mol. The predicted octanol–water partition coefficient (Wildman–Crippen LogP) is 3.97. The lowest BCUT2D eigenvalue weighted by molar-refractivity contribution is 0.593. The topological polar surface area (TPSA) is 64.1 Å². The number of nitrogens with zero attached hydrogens (tertiary/aromatic N) is 1. The Balaban J connectivity index is 1.87. The van der Waals surface area contributed by atoms with Crippen LogP contribution < -0.4 is 11.1 Å². The summed E-state index contributed by atoms with van der Waals surface area (Å²) >= 11 is 0. The van der Waals surface area contributed by atoms with Crippen molar-refractivity contribution in [2.24, 2.45) is 0 Å². The highest BCUT2D eigenvalue weighted by Crippen LogP contribution is 2.26. The fourth-order valence-electron chi connectivity index (χ4n) is 2.26. The number of fused-ring (bicyclic) bond motifs is 1. The first kappa shape index (κ1) is 12.5. The van der Waals surface area contributed by atoms with Crippen molar-refractivity contribution >= 4 is 22.8 Å². The summed E-state index contributed by atoms with van der Waals surface area (Å²) in [5, 5.41) is 3.34. The van der Waals surface area contributed by atoms with Crippen LogP contribution in [0, 0.1) is 0 Å². The van der Waals surface area contributed by atoms with Gasteiger partial charge in [-0.05, 0) is 24.1 Å². The number of oxazole rings is 1. The van der Waals surface area contributed by atoms with Crippen LogP contribution in [0.3, 0.4) is 0 Å². The molecule has 0 radical (unpaired) electrons. The van der Waals surface area contributed by atoms with Gasteiger partial charge in [0.1, 0.15) is 5.52 Å². The van der Waals surface area contributed by atoms with Gasteiger partial charge in [0.05, 0.1) is 6.04 Å². The molecule has 1 aromatic heterocycles. The highest BCUT2D eigenvalue weighted by molar-refractivity contribution is 5.78. The van der Waals surface area contributed by atoms with E-state index in [1.807, 2.05) is 30.3 Å². The zero-order valence-corrected chi connectivity index (χ0v) is 11.3. The van der Waals surface area contributed by atoms with Gasteiger partial charge >= 0.3 is 0 Å². The number of nitrogens with one attached hydrogen (secondary N) is 1. The molecule has 0 saturated carbocycles. The molecule has 4 nitrogen and oxygen atoms in total. The number of hydrogen-bond donors (Lipinski definition) is 2. The van der Waals surface area contributed by atoms with Gasteiger partial charge in [0.15, 0.2) is 5.58 Å². The second kappa shape index (κ2) is 5.25. The smallest absolute Gasteiger partial charge is 0.296 e. The molecule has 0 amide bonds. The molecule has 102 valence electrons. The second-order valence-corrected chi connectivity index (χ2v) is 4.76. The molecular weight excluding hydrogens is 250 g/mol. The van der Waals surface area contributed by atoms with Crippen molar-refractivity contribution in [2.75, 3.05) is 11.1 Å². The SMILES string of the molecule is CCC(Nc1nc2ccc(N)cc2o1)c1ccccc1. The zero-order chi connectivity index (χ0) is 13.9. The minimum Gasteiger partial charge on any atom is -0.423 e. The van der Waals surface area contributed by atoms with E-state index in [0.29, 0.717) is 17.3 Å². The van der Waals surface area contributed by atoms with Gasteiger partial charge in [-0.2, -0.15) is 4.98 Å². The van der Waals surface area contributed by atoms with E-state index < -0.39 is 0 Å². The maximum Gasteiger partial charge on any atom is 0.296 e. The van der Waals surface area contributed by atoms with Crippen molar-refractivity contribution in [3.05, 3.63) is 54.1 Å². The third-order valence-electron chi connectivity index (χ3n) is 3.32. The van der Waals surface area contributed by atoms with Crippen LogP contribution in [0.1, 0.15) is 24.9 Å². The molecule has 4 heteroatoms. The lowest BCUT2D eigenvalue weighted by Crippen LogP contribution is -2.09. The zero-order valence-electron chi connectivity index (χ0n) is 11.3. The van der Waals surface area contributed by atoms with E-state index in [-0.39, 0.29) is 6.04 Å². The fraction of sp³-hybridized carbons (Fsp3) is 0.188.